The maximum absolute atomic E-state index is 10.8. The van der Waals surface area contributed by atoms with Crippen molar-refractivity contribution in [2.75, 3.05) is 7.11 Å². The molecule has 7 heteroatoms. The summed E-state index contributed by atoms with van der Waals surface area (Å²) in [5.74, 6) is 4.93. The van der Waals surface area contributed by atoms with E-state index in [1.807, 2.05) is 0 Å². The highest BCUT2D eigenvalue weighted by atomic mass is 17.2. The maximum atomic E-state index is 10.8. The summed E-state index contributed by atoms with van der Waals surface area (Å²) in [7, 11) is 1.36. The lowest BCUT2D eigenvalue weighted by Gasteiger charge is -2.08. The van der Waals surface area contributed by atoms with E-state index in [0.717, 1.165) is 0 Å². The van der Waals surface area contributed by atoms with E-state index >= 15 is 0 Å². The number of hydrogen-bond donors (Lipinski definition) is 1. The first kappa shape index (κ1) is 12.5. The summed E-state index contributed by atoms with van der Waals surface area (Å²) in [5, 5.41) is 10.8. The SMILES string of the molecule is COOCc1cccc([N+](=O)[O-])c1CON. The monoisotopic (exact) mass is 228 g/mol. The number of nitrogens with two attached hydrogens (primary N) is 1. The molecule has 0 heterocycles. The Morgan fingerprint density at radius 2 is 2.19 bits per heavy atom. The van der Waals surface area contributed by atoms with E-state index < -0.39 is 4.92 Å². The van der Waals surface area contributed by atoms with Crippen molar-refractivity contribution in [3.63, 3.8) is 0 Å². The number of rotatable bonds is 6. The minimum absolute atomic E-state index is 0.0531. The Morgan fingerprint density at radius 3 is 2.75 bits per heavy atom. The molecule has 1 aromatic carbocycles. The fraction of sp³-hybridized carbons (Fsp3) is 0.333. The van der Waals surface area contributed by atoms with E-state index in [1.165, 1.54) is 13.2 Å². The van der Waals surface area contributed by atoms with Crippen LogP contribution in [-0.4, -0.2) is 12.0 Å². The minimum Gasteiger partial charge on any atom is -0.300 e. The molecule has 0 fully saturated rings. The number of benzene rings is 1. The van der Waals surface area contributed by atoms with E-state index in [0.29, 0.717) is 11.1 Å². The Labute approximate surface area is 91.7 Å². The standard InChI is InChI=1S/C9H12N2O5/c1-14-16-5-7-3-2-4-9(11(12)13)8(7)6-15-10/h2-4H,5-6,10H2,1H3. The Hall–Kier alpha value is -1.54. The molecule has 0 atom stereocenters. The van der Waals surface area contributed by atoms with Crippen molar-refractivity contribution in [1.29, 1.82) is 0 Å². The highest BCUT2D eigenvalue weighted by Crippen LogP contribution is 2.23. The zero-order valence-electron chi connectivity index (χ0n) is 8.71. The summed E-state index contributed by atoms with van der Waals surface area (Å²) in [6.45, 7) is 0.0381. The van der Waals surface area contributed by atoms with E-state index in [4.69, 9.17) is 10.8 Å². The van der Waals surface area contributed by atoms with Crippen LogP contribution >= 0.6 is 0 Å². The Morgan fingerprint density at radius 1 is 1.44 bits per heavy atom. The lowest BCUT2D eigenvalue weighted by atomic mass is 10.1. The lowest BCUT2D eigenvalue weighted by molar-refractivity contribution is -0.386. The van der Waals surface area contributed by atoms with E-state index in [2.05, 4.69) is 9.73 Å². The van der Waals surface area contributed by atoms with Crippen LogP contribution in [0.2, 0.25) is 0 Å². The quantitative estimate of drug-likeness (QED) is 0.444. The van der Waals surface area contributed by atoms with Crippen LogP contribution in [0.4, 0.5) is 5.69 Å². The van der Waals surface area contributed by atoms with Crippen LogP contribution in [0.3, 0.4) is 0 Å². The molecule has 0 saturated heterocycles. The van der Waals surface area contributed by atoms with Gasteiger partial charge in [-0.2, -0.15) is 0 Å². The Kier molecular flexibility index (Phi) is 4.80. The normalized spacial score (nSPS) is 10.4. The molecule has 0 unspecified atom stereocenters. The fourth-order valence-electron chi connectivity index (χ4n) is 1.30. The van der Waals surface area contributed by atoms with E-state index in [9.17, 15) is 10.1 Å². The molecule has 0 aromatic heterocycles. The van der Waals surface area contributed by atoms with Gasteiger partial charge in [-0.05, 0) is 5.56 Å². The average Bonchev–Trinajstić information content (AvgIpc) is 2.27. The molecule has 88 valence electrons. The second kappa shape index (κ2) is 6.13. The molecule has 1 rings (SSSR count). The van der Waals surface area contributed by atoms with E-state index in [1.54, 1.807) is 12.1 Å². The number of nitro benzene ring substituents is 1. The predicted octanol–water partition coefficient (Wildman–Crippen LogP) is 1.06. The van der Waals surface area contributed by atoms with Gasteiger partial charge >= 0.3 is 0 Å². The summed E-state index contributed by atoms with van der Waals surface area (Å²) in [6, 6.07) is 4.62. The van der Waals surface area contributed by atoms with Gasteiger partial charge in [0.05, 0.1) is 17.6 Å². The second-order valence-corrected chi connectivity index (χ2v) is 2.91. The zero-order chi connectivity index (χ0) is 12.0. The van der Waals surface area contributed by atoms with Crippen LogP contribution in [0.25, 0.3) is 0 Å². The maximum Gasteiger partial charge on any atom is 0.275 e. The fourth-order valence-corrected chi connectivity index (χ4v) is 1.30. The molecule has 0 aliphatic heterocycles. The molecular weight excluding hydrogens is 216 g/mol. The number of nitro groups is 1. The van der Waals surface area contributed by atoms with Crippen molar-refractivity contribution in [3.05, 3.63) is 39.4 Å². The van der Waals surface area contributed by atoms with Crippen molar-refractivity contribution in [2.24, 2.45) is 5.90 Å². The molecule has 0 radical (unpaired) electrons. The minimum atomic E-state index is -0.495. The van der Waals surface area contributed by atoms with Crippen LogP contribution in [0.5, 0.6) is 0 Å². The van der Waals surface area contributed by atoms with Gasteiger partial charge in [-0.1, -0.05) is 12.1 Å². The highest BCUT2D eigenvalue weighted by Gasteiger charge is 2.17. The van der Waals surface area contributed by atoms with Gasteiger partial charge < -0.3 is 0 Å². The molecule has 0 bridgehead atoms. The molecule has 0 aliphatic rings. The van der Waals surface area contributed by atoms with Crippen LogP contribution in [0.15, 0.2) is 18.2 Å². The summed E-state index contributed by atoms with van der Waals surface area (Å²) in [6.07, 6.45) is 0. The first-order chi connectivity index (χ1) is 7.70. The lowest BCUT2D eigenvalue weighted by Crippen LogP contribution is -2.07. The first-order valence-corrected chi connectivity index (χ1v) is 4.43. The first-order valence-electron chi connectivity index (χ1n) is 4.43. The van der Waals surface area contributed by atoms with Gasteiger partial charge in [0.15, 0.2) is 0 Å². The van der Waals surface area contributed by atoms with Crippen LogP contribution in [-0.2, 0) is 27.8 Å². The smallest absolute Gasteiger partial charge is 0.275 e. The summed E-state index contributed by atoms with van der Waals surface area (Å²) < 4.78 is 0. The topological polar surface area (TPSA) is 96.8 Å². The Bertz CT molecular complexity index is 369. The van der Waals surface area contributed by atoms with Gasteiger partial charge in [0.2, 0.25) is 0 Å². The molecule has 1 aromatic rings. The Balaban J connectivity index is 3.05. The third kappa shape index (κ3) is 2.97. The van der Waals surface area contributed by atoms with Gasteiger partial charge in [0.1, 0.15) is 13.2 Å². The van der Waals surface area contributed by atoms with Crippen LogP contribution in [0.1, 0.15) is 11.1 Å². The van der Waals surface area contributed by atoms with Crippen molar-refractivity contribution >= 4 is 5.69 Å². The summed E-state index contributed by atoms with van der Waals surface area (Å²) in [5.41, 5.74) is 0.927. The molecule has 7 nitrogen and oxygen atoms in total. The molecule has 0 amide bonds. The highest BCUT2D eigenvalue weighted by molar-refractivity contribution is 5.44. The van der Waals surface area contributed by atoms with Crippen molar-refractivity contribution in [2.45, 2.75) is 13.2 Å². The predicted molar refractivity (Wildman–Crippen MR) is 53.9 cm³/mol. The second-order valence-electron chi connectivity index (χ2n) is 2.91. The molecular formula is C9H12N2O5. The van der Waals surface area contributed by atoms with Gasteiger partial charge in [-0.3, -0.25) is 15.0 Å². The van der Waals surface area contributed by atoms with Gasteiger partial charge in [0, 0.05) is 6.07 Å². The van der Waals surface area contributed by atoms with Crippen LogP contribution < -0.4 is 5.90 Å². The largest absolute Gasteiger partial charge is 0.300 e. The van der Waals surface area contributed by atoms with Gasteiger partial charge in [-0.25, -0.2) is 15.7 Å². The summed E-state index contributed by atoms with van der Waals surface area (Å²) in [4.78, 5) is 23.9. The zero-order valence-corrected chi connectivity index (χ0v) is 8.71. The molecule has 2 N–H and O–H groups in total. The molecule has 0 spiro atoms. The molecule has 16 heavy (non-hydrogen) atoms. The third-order valence-corrected chi connectivity index (χ3v) is 2.00. The summed E-state index contributed by atoms with van der Waals surface area (Å²) >= 11 is 0. The van der Waals surface area contributed by atoms with Gasteiger partial charge in [-0.15, -0.1) is 0 Å². The third-order valence-electron chi connectivity index (χ3n) is 2.00. The van der Waals surface area contributed by atoms with Gasteiger partial charge in [0.25, 0.3) is 5.69 Å². The number of hydrogen-bond acceptors (Lipinski definition) is 6. The van der Waals surface area contributed by atoms with Crippen molar-refractivity contribution in [1.82, 2.24) is 0 Å². The molecule has 0 saturated carbocycles. The van der Waals surface area contributed by atoms with Crippen molar-refractivity contribution < 1.29 is 19.5 Å². The van der Waals surface area contributed by atoms with E-state index in [-0.39, 0.29) is 18.9 Å². The number of nitrogens with zero attached hydrogens (tertiary/aromatic N) is 1. The van der Waals surface area contributed by atoms with Crippen LogP contribution in [0, 0.1) is 10.1 Å². The molecule has 0 aliphatic carbocycles. The average molecular weight is 228 g/mol. The van der Waals surface area contributed by atoms with Crippen molar-refractivity contribution in [3.8, 4) is 0 Å².